The van der Waals surface area contributed by atoms with Crippen LogP contribution in [0.15, 0.2) is 23.0 Å². The number of aromatic hydroxyl groups is 1. The van der Waals surface area contributed by atoms with Crippen molar-refractivity contribution in [2.75, 3.05) is 33.1 Å². The van der Waals surface area contributed by atoms with Gasteiger partial charge in [-0.05, 0) is 57.3 Å². The van der Waals surface area contributed by atoms with Gasteiger partial charge in [0.2, 0.25) is 11.7 Å². The van der Waals surface area contributed by atoms with Crippen molar-refractivity contribution in [1.29, 1.82) is 0 Å². The van der Waals surface area contributed by atoms with Crippen molar-refractivity contribution in [2.45, 2.75) is 56.7 Å². The summed E-state index contributed by atoms with van der Waals surface area (Å²) in [5.41, 5.74) is 3.18. The zero-order valence-electron chi connectivity index (χ0n) is 24.2. The Morgan fingerprint density at radius 1 is 1.10 bits per heavy atom. The number of anilines is 1. The second kappa shape index (κ2) is 10.4. The number of likely N-dealkylation sites (N-methyl/N-ethyl adjacent to an activating group) is 1. The maximum Gasteiger partial charge on any atom is 0.255 e. The van der Waals surface area contributed by atoms with Crippen molar-refractivity contribution < 1.29 is 39.6 Å². The van der Waals surface area contributed by atoms with E-state index in [0.29, 0.717) is 16.8 Å². The predicted octanol–water partition coefficient (Wildman–Crippen LogP) is 0.836. The number of ketones is 2. The Hall–Kier alpha value is -3.90. The minimum atomic E-state index is -2.70. The minimum absolute atomic E-state index is 0.000585. The summed E-state index contributed by atoms with van der Waals surface area (Å²) < 4.78 is 0. The molecule has 1 aromatic carbocycles. The molecular formula is C30H38N4O8. The molecule has 4 atom stereocenters. The van der Waals surface area contributed by atoms with Crippen molar-refractivity contribution >= 4 is 34.8 Å². The number of carbonyl (C=O) groups is 4. The van der Waals surface area contributed by atoms with Gasteiger partial charge in [0, 0.05) is 49.3 Å². The molecule has 2 fully saturated rings. The fourth-order valence-electron chi connectivity index (χ4n) is 7.39. The maximum atomic E-state index is 14.1. The highest BCUT2D eigenvalue weighted by Gasteiger charge is 2.64. The summed E-state index contributed by atoms with van der Waals surface area (Å²) in [5, 5.41) is 48.6. The smallest absolute Gasteiger partial charge is 0.255 e. The average molecular weight is 583 g/mol. The number of primary amides is 1. The van der Waals surface area contributed by atoms with Crippen molar-refractivity contribution in [1.82, 2.24) is 10.2 Å². The number of benzene rings is 1. The van der Waals surface area contributed by atoms with E-state index in [1.165, 1.54) is 4.90 Å². The number of nitrogens with two attached hydrogens (primary N) is 1. The van der Waals surface area contributed by atoms with Crippen LogP contribution in [0.5, 0.6) is 5.75 Å². The molecule has 0 saturated heterocycles. The number of carbonyl (C=O) groups excluding carboxylic acids is 4. The largest absolute Gasteiger partial charge is 0.508 e. The van der Waals surface area contributed by atoms with Gasteiger partial charge in [0.15, 0.2) is 11.4 Å². The van der Waals surface area contributed by atoms with Crippen LogP contribution in [0.25, 0.3) is 5.76 Å². The van der Waals surface area contributed by atoms with E-state index in [0.717, 1.165) is 25.7 Å². The van der Waals surface area contributed by atoms with Crippen molar-refractivity contribution in [3.8, 4) is 5.75 Å². The molecule has 1 aromatic rings. The lowest BCUT2D eigenvalue weighted by molar-refractivity contribution is -0.153. The number of phenols is 1. The molecule has 4 aliphatic rings. The minimum Gasteiger partial charge on any atom is -0.508 e. The first-order valence-corrected chi connectivity index (χ1v) is 14.2. The number of aliphatic hydroxyl groups is 3. The number of nitrogens with zero attached hydrogens (tertiary/aromatic N) is 2. The first kappa shape index (κ1) is 29.6. The van der Waals surface area contributed by atoms with Crippen LogP contribution in [-0.4, -0.2) is 88.5 Å². The molecule has 0 heterocycles. The number of amides is 2. The van der Waals surface area contributed by atoms with Gasteiger partial charge in [0.25, 0.3) is 5.91 Å². The quantitative estimate of drug-likeness (QED) is 0.262. The average Bonchev–Trinajstić information content (AvgIpc) is 3.45. The van der Waals surface area contributed by atoms with E-state index in [-0.39, 0.29) is 48.1 Å². The molecule has 5 rings (SSSR count). The van der Waals surface area contributed by atoms with Crippen LogP contribution in [0.4, 0.5) is 5.69 Å². The van der Waals surface area contributed by atoms with E-state index < -0.39 is 58.0 Å². The molecule has 0 spiro atoms. The number of fused-ring (bicyclic) bond motifs is 3. The van der Waals surface area contributed by atoms with Gasteiger partial charge in [-0.2, -0.15) is 0 Å². The van der Waals surface area contributed by atoms with Crippen LogP contribution in [0.1, 0.15) is 48.8 Å². The fourth-order valence-corrected chi connectivity index (χ4v) is 7.39. The zero-order valence-corrected chi connectivity index (χ0v) is 24.2. The monoisotopic (exact) mass is 582 g/mol. The molecule has 2 amide bonds. The van der Waals surface area contributed by atoms with E-state index >= 15 is 0 Å². The lowest BCUT2D eigenvalue weighted by atomic mass is 9.57. The van der Waals surface area contributed by atoms with Crippen LogP contribution < -0.4 is 16.0 Å². The Kier molecular flexibility index (Phi) is 7.34. The number of aliphatic hydroxyl groups excluding tert-OH is 2. The first-order valence-electron chi connectivity index (χ1n) is 14.2. The molecular weight excluding hydrogens is 544 g/mol. The first-order chi connectivity index (χ1) is 19.7. The summed E-state index contributed by atoms with van der Waals surface area (Å²) in [5.74, 6) is -7.13. The number of nitrogens with one attached hydrogen (secondary N) is 1. The standard InChI is InChI=1S/C30H38N4O8/c1-33(2)18-11-15(12-32-29(41)13-7-5-6-8-13)23(35)20-16(18)9-14-10-17-22(34(3)4)25(37)21(28(31)40)27(39)30(17,42)26(38)19(14)24(20)36/h11,13-14,17,22,35-36,39,42H,5-10,12H2,1-4H3,(H2,31,40)(H,32,41)/t14-,17-,22?,30-/m1/s1. The highest BCUT2D eigenvalue weighted by Crippen LogP contribution is 2.54. The Labute approximate surface area is 243 Å². The Morgan fingerprint density at radius 3 is 2.31 bits per heavy atom. The van der Waals surface area contributed by atoms with Gasteiger partial charge in [-0.3, -0.25) is 24.1 Å². The molecule has 7 N–H and O–H groups in total. The van der Waals surface area contributed by atoms with Crippen LogP contribution in [0, 0.1) is 17.8 Å². The van der Waals surface area contributed by atoms with Crippen LogP contribution in [-0.2, 0) is 32.1 Å². The van der Waals surface area contributed by atoms with E-state index in [9.17, 15) is 39.6 Å². The van der Waals surface area contributed by atoms with Crippen molar-refractivity contribution in [3.63, 3.8) is 0 Å². The Balaban J connectivity index is 1.63. The number of Topliss-reactive ketones (excluding diaryl/α,β-unsaturated/α-hetero) is 2. The zero-order chi connectivity index (χ0) is 30.8. The molecule has 0 radical (unpaired) electrons. The molecule has 226 valence electrons. The molecule has 0 aromatic heterocycles. The molecule has 0 bridgehead atoms. The second-order valence-electron chi connectivity index (χ2n) is 12.3. The molecule has 1 unspecified atom stereocenters. The summed E-state index contributed by atoms with van der Waals surface area (Å²) in [6.07, 6.45) is 3.80. The van der Waals surface area contributed by atoms with Gasteiger partial charge in [-0.1, -0.05) is 12.8 Å². The van der Waals surface area contributed by atoms with Gasteiger partial charge in [-0.25, -0.2) is 0 Å². The molecule has 0 aliphatic heterocycles. The third kappa shape index (κ3) is 4.27. The fraction of sp³-hybridized carbons (Fsp3) is 0.533. The maximum absolute atomic E-state index is 14.1. The molecule has 2 saturated carbocycles. The summed E-state index contributed by atoms with van der Waals surface area (Å²) in [6, 6.07) is 0.595. The van der Waals surface area contributed by atoms with Crippen molar-refractivity contribution in [3.05, 3.63) is 39.7 Å². The lowest BCUT2D eigenvalue weighted by Crippen LogP contribution is -2.65. The number of hydrogen-bond acceptors (Lipinski definition) is 10. The lowest BCUT2D eigenvalue weighted by Gasteiger charge is -2.50. The second-order valence-corrected chi connectivity index (χ2v) is 12.3. The van der Waals surface area contributed by atoms with Crippen LogP contribution in [0.2, 0.25) is 0 Å². The summed E-state index contributed by atoms with van der Waals surface area (Å²) >= 11 is 0. The molecule has 12 nitrogen and oxygen atoms in total. The Bertz CT molecular complexity index is 1460. The molecule has 42 heavy (non-hydrogen) atoms. The highest BCUT2D eigenvalue weighted by atomic mass is 16.3. The van der Waals surface area contributed by atoms with E-state index in [1.54, 1.807) is 39.2 Å². The summed E-state index contributed by atoms with van der Waals surface area (Å²) in [7, 11) is 6.71. The third-order valence-corrected chi connectivity index (χ3v) is 9.44. The predicted molar refractivity (Wildman–Crippen MR) is 152 cm³/mol. The van der Waals surface area contributed by atoms with E-state index in [4.69, 9.17) is 5.73 Å². The number of hydrogen-bond donors (Lipinski definition) is 6. The van der Waals surface area contributed by atoms with Gasteiger partial charge >= 0.3 is 0 Å². The van der Waals surface area contributed by atoms with Gasteiger partial charge in [0.1, 0.15) is 22.8 Å². The van der Waals surface area contributed by atoms with E-state index in [2.05, 4.69) is 5.32 Å². The summed E-state index contributed by atoms with van der Waals surface area (Å²) in [6.45, 7) is -0.000585. The van der Waals surface area contributed by atoms with Crippen LogP contribution in [0.3, 0.4) is 0 Å². The molecule has 4 aliphatic carbocycles. The van der Waals surface area contributed by atoms with Gasteiger partial charge < -0.3 is 36.4 Å². The van der Waals surface area contributed by atoms with E-state index in [1.807, 2.05) is 0 Å². The van der Waals surface area contributed by atoms with Crippen LogP contribution >= 0.6 is 0 Å². The topological polar surface area (TPSA) is 194 Å². The Morgan fingerprint density at radius 2 is 1.74 bits per heavy atom. The summed E-state index contributed by atoms with van der Waals surface area (Å²) in [4.78, 5) is 55.4. The number of rotatable bonds is 6. The van der Waals surface area contributed by atoms with Gasteiger partial charge in [-0.15, -0.1) is 0 Å². The van der Waals surface area contributed by atoms with Crippen molar-refractivity contribution in [2.24, 2.45) is 23.5 Å². The SMILES string of the molecule is CN(C)c1cc(CNC(=O)C2CCCC2)c(O)c2c1C[C@@H]1C[C@@H]3C(N(C)C)C(=O)C(C(N)=O)=C(O)[C@]3(O)C(=O)C1=C2O. The highest BCUT2D eigenvalue weighted by molar-refractivity contribution is 6.24. The number of phenolic OH excluding ortho intramolecular Hbond substituents is 1. The van der Waals surface area contributed by atoms with Gasteiger partial charge in [0.05, 0.1) is 11.6 Å². The third-order valence-electron chi connectivity index (χ3n) is 9.44. The normalized spacial score (nSPS) is 27.6. The molecule has 12 heteroatoms.